The highest BCUT2D eigenvalue weighted by atomic mass is 16.5. The zero-order valence-corrected chi connectivity index (χ0v) is 21.7. The van der Waals surface area contributed by atoms with Crippen LogP contribution in [0.5, 0.6) is 5.75 Å². The lowest BCUT2D eigenvalue weighted by Gasteiger charge is -2.26. The SMILES string of the molecule is COc1cccc(-c2cncc3[nH]c(-c4n[nH]c5ccc(-c6cncc(CN7CCCCC7)c6)nc45)nc23)c1. The number of hydrogen-bond donors (Lipinski definition) is 2. The molecule has 2 N–H and O–H groups in total. The molecule has 1 aromatic carbocycles. The Hall–Kier alpha value is -4.63. The molecule has 7 rings (SSSR count). The van der Waals surface area contributed by atoms with Gasteiger partial charge in [0.2, 0.25) is 0 Å². The number of ether oxygens (including phenoxy) is 1. The molecule has 1 fully saturated rings. The molecule has 6 heterocycles. The summed E-state index contributed by atoms with van der Waals surface area (Å²) < 4.78 is 5.42. The number of hydrogen-bond acceptors (Lipinski definition) is 7. The fraction of sp³-hybridized carbons (Fsp3) is 0.233. The number of piperidine rings is 1. The minimum absolute atomic E-state index is 0.634. The van der Waals surface area contributed by atoms with Gasteiger partial charge in [0.15, 0.2) is 11.5 Å². The number of methoxy groups -OCH3 is 1. The van der Waals surface area contributed by atoms with Crippen molar-refractivity contribution < 1.29 is 4.74 Å². The van der Waals surface area contributed by atoms with E-state index in [-0.39, 0.29) is 0 Å². The summed E-state index contributed by atoms with van der Waals surface area (Å²) in [4.78, 5) is 24.8. The number of rotatable bonds is 6. The third-order valence-corrected chi connectivity index (χ3v) is 7.35. The first-order chi connectivity index (χ1) is 19.2. The monoisotopic (exact) mass is 516 g/mol. The van der Waals surface area contributed by atoms with Crippen LogP contribution in [0.1, 0.15) is 24.8 Å². The number of imidazole rings is 1. The van der Waals surface area contributed by atoms with Gasteiger partial charge in [-0.1, -0.05) is 18.6 Å². The van der Waals surface area contributed by atoms with Crippen LogP contribution in [0.4, 0.5) is 0 Å². The molecule has 0 saturated carbocycles. The Balaban J connectivity index is 1.25. The maximum atomic E-state index is 5.42. The fourth-order valence-corrected chi connectivity index (χ4v) is 5.36. The third kappa shape index (κ3) is 4.51. The Morgan fingerprint density at radius 3 is 2.64 bits per heavy atom. The number of nitrogens with one attached hydrogen (secondary N) is 2. The summed E-state index contributed by atoms with van der Waals surface area (Å²) in [6, 6.07) is 14.1. The number of fused-ring (bicyclic) bond motifs is 2. The molecule has 0 unspecified atom stereocenters. The van der Waals surface area contributed by atoms with Gasteiger partial charge in [-0.15, -0.1) is 0 Å². The molecule has 0 spiro atoms. The van der Waals surface area contributed by atoms with Crippen molar-refractivity contribution in [2.24, 2.45) is 0 Å². The molecule has 0 bridgehead atoms. The maximum absolute atomic E-state index is 5.42. The number of benzene rings is 1. The average molecular weight is 517 g/mol. The van der Waals surface area contributed by atoms with Crippen molar-refractivity contribution in [2.75, 3.05) is 20.2 Å². The predicted octanol–water partition coefficient (Wildman–Crippen LogP) is 5.62. The number of aromatic amines is 2. The first-order valence-corrected chi connectivity index (χ1v) is 13.3. The lowest BCUT2D eigenvalue weighted by molar-refractivity contribution is 0.220. The van der Waals surface area contributed by atoms with Crippen LogP contribution in [0.3, 0.4) is 0 Å². The highest BCUT2D eigenvalue weighted by molar-refractivity contribution is 5.95. The summed E-state index contributed by atoms with van der Waals surface area (Å²) in [6.07, 6.45) is 11.3. The van der Waals surface area contributed by atoms with Crippen LogP contribution in [0.2, 0.25) is 0 Å². The van der Waals surface area contributed by atoms with Gasteiger partial charge < -0.3 is 9.72 Å². The molecule has 9 nitrogen and oxygen atoms in total. The van der Waals surface area contributed by atoms with Gasteiger partial charge in [0.25, 0.3) is 0 Å². The predicted molar refractivity (Wildman–Crippen MR) is 151 cm³/mol. The van der Waals surface area contributed by atoms with E-state index in [2.05, 4.69) is 36.1 Å². The van der Waals surface area contributed by atoms with Gasteiger partial charge in [-0.05, 0) is 67.4 Å². The Bertz CT molecular complexity index is 1780. The Kier molecular flexibility index (Phi) is 5.97. The second-order valence-corrected chi connectivity index (χ2v) is 9.98. The van der Waals surface area contributed by atoms with Crippen molar-refractivity contribution in [1.82, 2.24) is 40.0 Å². The molecule has 1 aliphatic rings. The second kappa shape index (κ2) is 9.92. The Morgan fingerprint density at radius 2 is 1.74 bits per heavy atom. The minimum atomic E-state index is 0.634. The minimum Gasteiger partial charge on any atom is -0.497 e. The van der Waals surface area contributed by atoms with E-state index in [0.717, 1.165) is 69.8 Å². The van der Waals surface area contributed by atoms with Crippen LogP contribution in [0.25, 0.3) is 56.0 Å². The molecular weight excluding hydrogens is 488 g/mol. The number of likely N-dealkylation sites (tertiary alicyclic amines) is 1. The van der Waals surface area contributed by atoms with E-state index in [9.17, 15) is 0 Å². The van der Waals surface area contributed by atoms with Crippen LogP contribution < -0.4 is 4.74 Å². The summed E-state index contributed by atoms with van der Waals surface area (Å²) in [5.41, 5.74) is 8.86. The maximum Gasteiger partial charge on any atom is 0.161 e. The standard InChI is InChI=1S/C30H28N8O/c1-39-22-7-5-6-20(13-22)23-16-32-17-26-27(23)35-30(34-26)29-28-25(36-37-29)9-8-24(33-28)21-12-19(14-31-15-21)18-38-10-3-2-4-11-38/h5-9,12-17H,2-4,10-11,18H2,1H3,(H,34,35)(H,36,37). The molecule has 0 atom stereocenters. The summed E-state index contributed by atoms with van der Waals surface area (Å²) in [7, 11) is 1.66. The fourth-order valence-electron chi connectivity index (χ4n) is 5.36. The van der Waals surface area contributed by atoms with Crippen LogP contribution >= 0.6 is 0 Å². The van der Waals surface area contributed by atoms with E-state index in [0.29, 0.717) is 11.5 Å². The quantitative estimate of drug-likeness (QED) is 0.296. The number of pyridine rings is 3. The van der Waals surface area contributed by atoms with E-state index >= 15 is 0 Å². The van der Waals surface area contributed by atoms with Crippen molar-refractivity contribution in [3.63, 3.8) is 0 Å². The van der Waals surface area contributed by atoms with E-state index in [4.69, 9.17) is 14.7 Å². The molecule has 1 aliphatic heterocycles. The van der Waals surface area contributed by atoms with Gasteiger partial charge in [0.05, 0.1) is 35.6 Å². The van der Waals surface area contributed by atoms with Gasteiger partial charge in [-0.25, -0.2) is 9.97 Å². The van der Waals surface area contributed by atoms with Crippen molar-refractivity contribution in [2.45, 2.75) is 25.8 Å². The second-order valence-electron chi connectivity index (χ2n) is 9.98. The van der Waals surface area contributed by atoms with Crippen molar-refractivity contribution in [3.05, 3.63) is 72.8 Å². The molecule has 9 heteroatoms. The Morgan fingerprint density at radius 1 is 0.846 bits per heavy atom. The van der Waals surface area contributed by atoms with Crippen molar-refractivity contribution in [3.8, 4) is 39.7 Å². The van der Waals surface area contributed by atoms with Crippen LogP contribution in [0.15, 0.2) is 67.3 Å². The van der Waals surface area contributed by atoms with Gasteiger partial charge in [-0.2, -0.15) is 5.10 Å². The van der Waals surface area contributed by atoms with E-state index in [1.54, 1.807) is 13.3 Å². The van der Waals surface area contributed by atoms with Crippen molar-refractivity contribution >= 4 is 22.1 Å². The molecule has 39 heavy (non-hydrogen) atoms. The summed E-state index contributed by atoms with van der Waals surface area (Å²) in [5, 5.41) is 7.69. The van der Waals surface area contributed by atoms with Gasteiger partial charge in [0, 0.05) is 36.3 Å². The molecule has 0 aliphatic carbocycles. The molecule has 0 amide bonds. The van der Waals surface area contributed by atoms with Crippen molar-refractivity contribution in [1.29, 1.82) is 0 Å². The van der Waals surface area contributed by atoms with E-state index in [1.165, 1.54) is 24.8 Å². The van der Waals surface area contributed by atoms with Gasteiger partial charge in [-0.3, -0.25) is 20.0 Å². The summed E-state index contributed by atoms with van der Waals surface area (Å²) in [6.45, 7) is 3.22. The van der Waals surface area contributed by atoms with Crippen LogP contribution in [-0.4, -0.2) is 60.2 Å². The largest absolute Gasteiger partial charge is 0.497 e. The van der Waals surface area contributed by atoms with Gasteiger partial charge in [0.1, 0.15) is 11.3 Å². The molecule has 1 saturated heterocycles. The summed E-state index contributed by atoms with van der Waals surface area (Å²) in [5.74, 6) is 1.42. The molecule has 0 radical (unpaired) electrons. The van der Waals surface area contributed by atoms with E-state index in [1.807, 2.05) is 55.0 Å². The smallest absolute Gasteiger partial charge is 0.161 e. The molecule has 5 aromatic heterocycles. The first-order valence-electron chi connectivity index (χ1n) is 13.3. The van der Waals surface area contributed by atoms with Crippen LogP contribution in [0, 0.1) is 0 Å². The average Bonchev–Trinajstić information content (AvgIpc) is 3.61. The molecule has 6 aromatic rings. The zero-order chi connectivity index (χ0) is 26.2. The molecule has 194 valence electrons. The lowest BCUT2D eigenvalue weighted by Crippen LogP contribution is -2.29. The van der Waals surface area contributed by atoms with E-state index < -0.39 is 0 Å². The zero-order valence-electron chi connectivity index (χ0n) is 21.7. The highest BCUT2D eigenvalue weighted by Crippen LogP contribution is 2.32. The molecular formula is C30H28N8O. The lowest BCUT2D eigenvalue weighted by atomic mass is 10.1. The highest BCUT2D eigenvalue weighted by Gasteiger charge is 2.18. The summed E-state index contributed by atoms with van der Waals surface area (Å²) >= 11 is 0. The van der Waals surface area contributed by atoms with Crippen LogP contribution in [-0.2, 0) is 6.54 Å². The van der Waals surface area contributed by atoms with Gasteiger partial charge >= 0.3 is 0 Å². The number of nitrogens with zero attached hydrogens (tertiary/aromatic N) is 6. The normalized spacial score (nSPS) is 14.3. The topological polar surface area (TPSA) is 108 Å². The number of H-pyrrole nitrogens is 2. The Labute approximate surface area is 225 Å². The number of aromatic nitrogens is 7. The third-order valence-electron chi connectivity index (χ3n) is 7.35. The first kappa shape index (κ1) is 23.5.